The molecule has 12 heteroatoms. The van der Waals surface area contributed by atoms with Crippen molar-refractivity contribution in [2.45, 2.75) is 166 Å². The number of ketones is 2. The van der Waals surface area contributed by atoms with Crippen LogP contribution in [0.5, 0.6) is 0 Å². The maximum atomic E-state index is 14.2. The third-order valence-electron chi connectivity index (χ3n) is 12.6. The summed E-state index contributed by atoms with van der Waals surface area (Å²) >= 11 is 0. The number of hydrogen-bond donors (Lipinski definition) is 4. The molecule has 4 heterocycles. The molecule has 0 spiro atoms. The zero-order valence-electron chi connectivity index (χ0n) is 31.3. The second-order valence-electron chi connectivity index (χ2n) is 15.6. The van der Waals surface area contributed by atoms with Gasteiger partial charge in [0, 0.05) is 25.4 Å². The Morgan fingerprint density at radius 3 is 2.30 bits per heavy atom. The zero-order valence-corrected chi connectivity index (χ0v) is 31.3. The molecule has 50 heavy (non-hydrogen) atoms. The number of esters is 1. The number of methoxy groups -OCH3 is 1. The first-order valence-electron chi connectivity index (χ1n) is 18.4. The van der Waals surface area contributed by atoms with Crippen molar-refractivity contribution in [1.82, 2.24) is 0 Å². The van der Waals surface area contributed by atoms with Gasteiger partial charge in [0.25, 0.3) is 0 Å². The molecule has 0 aliphatic carbocycles. The van der Waals surface area contributed by atoms with E-state index in [0.717, 1.165) is 0 Å². The highest BCUT2D eigenvalue weighted by molar-refractivity contribution is 6.20. The average molecular weight is 709 g/mol. The summed E-state index contributed by atoms with van der Waals surface area (Å²) in [5.74, 6) is -4.47. The molecule has 0 aromatic carbocycles. The number of aliphatic hydroxyl groups is 4. The Bertz CT molecular complexity index is 1320. The van der Waals surface area contributed by atoms with Crippen molar-refractivity contribution in [2.24, 2.45) is 23.7 Å². The fourth-order valence-corrected chi connectivity index (χ4v) is 8.91. The molecule has 4 rings (SSSR count). The second-order valence-corrected chi connectivity index (χ2v) is 15.6. The number of cyclic esters (lactones) is 1. The number of Topliss-reactive ketones (excluding diaryl/α,β-unsaturated/α-hetero) is 2. The minimum atomic E-state index is -1.90. The number of rotatable bonds is 14. The Kier molecular flexibility index (Phi) is 12.5. The molecule has 3 fully saturated rings. The van der Waals surface area contributed by atoms with Crippen molar-refractivity contribution < 1.29 is 58.5 Å². The highest BCUT2D eigenvalue weighted by Gasteiger charge is 2.57. The van der Waals surface area contributed by atoms with Crippen LogP contribution < -0.4 is 0 Å². The molecule has 6 unspecified atom stereocenters. The lowest BCUT2D eigenvalue weighted by Crippen LogP contribution is -2.60. The molecule has 3 saturated heterocycles. The van der Waals surface area contributed by atoms with Crippen LogP contribution in [0, 0.1) is 23.7 Å². The fraction of sp³-hybridized carbons (Fsp3) is 0.816. The van der Waals surface area contributed by atoms with Crippen molar-refractivity contribution in [3.8, 4) is 0 Å². The van der Waals surface area contributed by atoms with Crippen LogP contribution in [0.3, 0.4) is 0 Å². The van der Waals surface area contributed by atoms with Crippen molar-refractivity contribution in [2.75, 3.05) is 7.11 Å². The molecule has 0 aromatic heterocycles. The Morgan fingerprint density at radius 1 is 1.10 bits per heavy atom. The van der Waals surface area contributed by atoms with Crippen LogP contribution in [-0.2, 0) is 38.1 Å². The molecule has 4 N–H and O–H groups in total. The van der Waals surface area contributed by atoms with Gasteiger partial charge in [-0.15, -0.1) is 0 Å². The third kappa shape index (κ3) is 7.36. The first-order valence-corrected chi connectivity index (χ1v) is 18.4. The van der Waals surface area contributed by atoms with E-state index in [-0.39, 0.29) is 36.5 Å². The fourth-order valence-electron chi connectivity index (χ4n) is 8.91. The van der Waals surface area contributed by atoms with Crippen LogP contribution in [0.2, 0.25) is 0 Å². The van der Waals surface area contributed by atoms with Crippen LogP contribution in [0.25, 0.3) is 0 Å². The SMILES string of the molecule is C=C1OC(=O)C(C(=O)C[C@@H]2O[C@@H](C(C)C(O)C(CC)C(=O)C(C)(O)[C@@H]3CC[C@@](CC)([C@@H]4CCC(O)(C(C)OC)[C@@H](C)O4)O3)[C@@H](C)C[C@@H]2C)=C1O. The van der Waals surface area contributed by atoms with Gasteiger partial charge in [-0.1, -0.05) is 41.2 Å². The summed E-state index contributed by atoms with van der Waals surface area (Å²) in [7, 11) is 1.56. The predicted molar refractivity (Wildman–Crippen MR) is 183 cm³/mol. The smallest absolute Gasteiger partial charge is 0.351 e. The van der Waals surface area contributed by atoms with Crippen molar-refractivity contribution in [1.29, 1.82) is 0 Å². The Labute approximate surface area is 296 Å². The highest BCUT2D eigenvalue weighted by atomic mass is 16.6. The monoisotopic (exact) mass is 708 g/mol. The van der Waals surface area contributed by atoms with Gasteiger partial charge in [-0.25, -0.2) is 4.79 Å². The van der Waals surface area contributed by atoms with Crippen LogP contribution >= 0.6 is 0 Å². The van der Waals surface area contributed by atoms with Gasteiger partial charge in [0.15, 0.2) is 23.1 Å². The third-order valence-corrected chi connectivity index (χ3v) is 12.6. The summed E-state index contributed by atoms with van der Waals surface area (Å²) in [6, 6.07) is 0. The molecule has 0 aromatic rings. The summed E-state index contributed by atoms with van der Waals surface area (Å²) in [6.07, 6.45) is -1.08. The normalized spacial score (nSPS) is 38.7. The van der Waals surface area contributed by atoms with Gasteiger partial charge in [-0.3, -0.25) is 9.59 Å². The molecule has 0 radical (unpaired) electrons. The zero-order chi connectivity index (χ0) is 37.5. The molecule has 12 nitrogen and oxygen atoms in total. The van der Waals surface area contributed by atoms with E-state index in [4.69, 9.17) is 23.7 Å². The molecule has 0 bridgehead atoms. The summed E-state index contributed by atoms with van der Waals surface area (Å²) in [4.78, 5) is 39.4. The highest BCUT2D eigenvalue weighted by Crippen LogP contribution is 2.47. The van der Waals surface area contributed by atoms with E-state index in [1.807, 2.05) is 34.6 Å². The van der Waals surface area contributed by atoms with Gasteiger partial charge in [0.1, 0.15) is 16.8 Å². The lowest BCUT2D eigenvalue weighted by Gasteiger charge is -2.49. The molecule has 4 aliphatic rings. The average Bonchev–Trinajstić information content (AvgIpc) is 3.63. The van der Waals surface area contributed by atoms with Crippen LogP contribution in [-0.4, -0.2) is 105 Å². The quantitative estimate of drug-likeness (QED) is 0.149. The predicted octanol–water partition coefficient (Wildman–Crippen LogP) is 4.26. The van der Waals surface area contributed by atoms with Gasteiger partial charge in [-0.05, 0) is 77.6 Å². The maximum Gasteiger partial charge on any atom is 0.351 e. The Morgan fingerprint density at radius 2 is 1.76 bits per heavy atom. The first-order chi connectivity index (χ1) is 23.3. The van der Waals surface area contributed by atoms with Crippen LogP contribution in [0.1, 0.15) is 107 Å². The second kappa shape index (κ2) is 15.4. The summed E-state index contributed by atoms with van der Waals surface area (Å²) < 4.78 is 29.7. The van der Waals surface area contributed by atoms with E-state index in [2.05, 4.69) is 6.58 Å². The molecule has 4 aliphatic heterocycles. The Balaban J connectivity index is 1.45. The number of carbonyl (C=O) groups excluding carboxylic acids is 3. The number of aliphatic hydroxyl groups excluding tert-OH is 2. The number of ether oxygens (including phenoxy) is 5. The van der Waals surface area contributed by atoms with E-state index < -0.39 is 94.1 Å². The van der Waals surface area contributed by atoms with Crippen LogP contribution in [0.15, 0.2) is 23.7 Å². The van der Waals surface area contributed by atoms with Gasteiger partial charge in [-0.2, -0.15) is 0 Å². The van der Waals surface area contributed by atoms with E-state index in [9.17, 15) is 34.8 Å². The lowest BCUT2D eigenvalue weighted by atomic mass is 9.73. The van der Waals surface area contributed by atoms with Gasteiger partial charge in [0.2, 0.25) is 0 Å². The van der Waals surface area contributed by atoms with E-state index in [0.29, 0.717) is 38.5 Å². The van der Waals surface area contributed by atoms with E-state index >= 15 is 0 Å². The van der Waals surface area contributed by atoms with E-state index in [1.54, 1.807) is 21.0 Å². The molecule has 14 atom stereocenters. The molecule has 0 amide bonds. The van der Waals surface area contributed by atoms with Gasteiger partial charge < -0.3 is 44.1 Å². The minimum absolute atomic E-state index is 0.0243. The van der Waals surface area contributed by atoms with Crippen molar-refractivity contribution >= 4 is 17.5 Å². The maximum absolute atomic E-state index is 14.2. The van der Waals surface area contributed by atoms with Crippen molar-refractivity contribution in [3.63, 3.8) is 0 Å². The number of hydrogen-bond acceptors (Lipinski definition) is 12. The van der Waals surface area contributed by atoms with Gasteiger partial charge >= 0.3 is 5.97 Å². The standard InChI is InChI=1S/C38H60O12/c1-11-25(31(40)21(5)33-20(4)17-19(3)27(49-33)18-26(39)30-32(41)22(6)47-35(30)43)34(42)36(9,44)28-13-15-37(12-2,50-28)29-14-16-38(45,23(7)46-10)24(8)48-29/h19-21,23-25,27-29,31,33,40-41,44-45H,6,11-18H2,1-5,7-10H3/t19-,20-,21?,23?,24+,25?,27-,28-,29-,31?,33+,36?,37-,38?/m0/s1. The van der Waals surface area contributed by atoms with E-state index in [1.165, 1.54) is 6.92 Å². The Hall–Kier alpha value is -2.19. The van der Waals surface area contributed by atoms with Crippen LogP contribution in [0.4, 0.5) is 0 Å². The molecular formula is C38H60O12. The summed E-state index contributed by atoms with van der Waals surface area (Å²) in [5.41, 5.74) is -4.24. The largest absolute Gasteiger partial charge is 0.504 e. The molecule has 0 saturated carbocycles. The minimum Gasteiger partial charge on any atom is -0.504 e. The van der Waals surface area contributed by atoms with Gasteiger partial charge in [0.05, 0.1) is 48.3 Å². The lowest BCUT2D eigenvalue weighted by molar-refractivity contribution is -0.255. The van der Waals surface area contributed by atoms with Crippen molar-refractivity contribution in [3.05, 3.63) is 23.7 Å². The summed E-state index contributed by atoms with van der Waals surface area (Å²) in [5, 5.41) is 45.0. The summed E-state index contributed by atoms with van der Waals surface area (Å²) in [6.45, 7) is 18.1. The topological polar surface area (TPSA) is 178 Å². The number of carbonyl (C=O) groups is 3. The molecular weight excluding hydrogens is 648 g/mol. The first kappa shape index (κ1) is 40.6. The molecule has 284 valence electrons.